The van der Waals surface area contributed by atoms with E-state index in [9.17, 15) is 13.2 Å². The van der Waals surface area contributed by atoms with Crippen LogP contribution in [0.3, 0.4) is 0 Å². The van der Waals surface area contributed by atoms with Gasteiger partial charge >= 0.3 is 6.03 Å². The number of urea groups is 1. The Morgan fingerprint density at radius 1 is 1.00 bits per heavy atom. The largest absolute Gasteiger partial charge is 0.381 e. The van der Waals surface area contributed by atoms with E-state index in [1.807, 2.05) is 0 Å². The summed E-state index contributed by atoms with van der Waals surface area (Å²) in [5.74, 6) is 0. The van der Waals surface area contributed by atoms with Crippen molar-refractivity contribution in [3.63, 3.8) is 0 Å². The predicted octanol–water partition coefficient (Wildman–Crippen LogP) is 3.27. The van der Waals surface area contributed by atoms with Crippen molar-refractivity contribution in [2.75, 3.05) is 25.1 Å². The molecule has 2 amide bonds. The van der Waals surface area contributed by atoms with Crippen LogP contribution in [0.4, 0.5) is 10.5 Å². The van der Waals surface area contributed by atoms with Crippen LogP contribution >= 0.6 is 0 Å². The lowest BCUT2D eigenvalue weighted by molar-refractivity contribution is 0.0350. The molecule has 0 saturated carbocycles. The van der Waals surface area contributed by atoms with E-state index in [0.29, 0.717) is 6.04 Å². The number of aryl methyl sites for hydroxylation is 2. The number of sulfonamides is 1. The highest BCUT2D eigenvalue weighted by Crippen LogP contribution is 2.38. The standard InChI is InChI=1S/C24H33N3O4S/c28-24(25-23-21-7-1-4-17(21)16-18-5-2-8-22(18)23)26-32(29,30)15-11-19-6-3-12-27(19)20-9-13-31-14-10-20/h11,15-16,19-20H,1-10,12-14H2,(H2,25,26,28)/b15-11+/t19-/m0/s1. The van der Waals surface area contributed by atoms with Crippen LogP contribution < -0.4 is 10.0 Å². The summed E-state index contributed by atoms with van der Waals surface area (Å²) >= 11 is 0. The topological polar surface area (TPSA) is 87.7 Å². The van der Waals surface area contributed by atoms with Crippen LogP contribution in [0, 0.1) is 0 Å². The summed E-state index contributed by atoms with van der Waals surface area (Å²) in [6.07, 6.45) is 11.8. The number of hydrogen-bond acceptors (Lipinski definition) is 5. The van der Waals surface area contributed by atoms with E-state index in [4.69, 9.17) is 4.74 Å². The molecule has 1 aromatic carbocycles. The zero-order valence-corrected chi connectivity index (χ0v) is 19.4. The number of nitrogens with one attached hydrogen (secondary N) is 2. The molecule has 32 heavy (non-hydrogen) atoms. The van der Waals surface area contributed by atoms with Gasteiger partial charge in [-0.2, -0.15) is 0 Å². The number of fused-ring (bicyclic) bond motifs is 2. The molecule has 2 fully saturated rings. The van der Waals surface area contributed by atoms with Gasteiger partial charge < -0.3 is 10.1 Å². The SMILES string of the molecule is O=C(Nc1c2c(cc3c1CCC3)CCC2)NS(=O)(=O)/C=C/[C@@H]1CCCN1C1CCOCC1. The van der Waals surface area contributed by atoms with Crippen molar-refractivity contribution in [1.82, 2.24) is 9.62 Å². The molecule has 2 aliphatic heterocycles. The smallest absolute Gasteiger partial charge is 0.333 e. The zero-order chi connectivity index (χ0) is 22.1. The molecule has 1 aromatic rings. The van der Waals surface area contributed by atoms with Gasteiger partial charge in [-0.05, 0) is 93.0 Å². The maximum atomic E-state index is 12.7. The van der Waals surface area contributed by atoms with Crippen LogP contribution in [-0.2, 0) is 40.4 Å². The Morgan fingerprint density at radius 2 is 1.69 bits per heavy atom. The van der Waals surface area contributed by atoms with Crippen molar-refractivity contribution >= 4 is 21.7 Å². The van der Waals surface area contributed by atoms with Crippen molar-refractivity contribution in [3.8, 4) is 0 Å². The number of carbonyl (C=O) groups excluding carboxylic acids is 1. The normalized spacial score (nSPS) is 24.1. The molecule has 1 atom stereocenters. The summed E-state index contributed by atoms with van der Waals surface area (Å²) in [5, 5.41) is 4.08. The maximum absolute atomic E-state index is 12.7. The summed E-state index contributed by atoms with van der Waals surface area (Å²) in [7, 11) is -3.86. The molecule has 2 aliphatic carbocycles. The van der Waals surface area contributed by atoms with E-state index in [-0.39, 0.29) is 6.04 Å². The van der Waals surface area contributed by atoms with Crippen molar-refractivity contribution in [2.45, 2.75) is 76.3 Å². The average molecular weight is 460 g/mol. The number of carbonyl (C=O) groups is 1. The molecule has 0 bridgehead atoms. The molecule has 4 aliphatic rings. The van der Waals surface area contributed by atoms with Gasteiger partial charge in [-0.1, -0.05) is 12.1 Å². The number of amides is 2. The van der Waals surface area contributed by atoms with E-state index in [1.54, 1.807) is 6.08 Å². The highest BCUT2D eigenvalue weighted by molar-refractivity contribution is 7.92. The number of hydrogen-bond donors (Lipinski definition) is 2. The molecule has 0 unspecified atom stereocenters. The maximum Gasteiger partial charge on any atom is 0.333 e. The molecule has 174 valence electrons. The Labute approximate surface area is 190 Å². The molecule has 0 aromatic heterocycles. The number of benzene rings is 1. The minimum Gasteiger partial charge on any atom is -0.381 e. The van der Waals surface area contributed by atoms with Gasteiger partial charge in [0.05, 0.1) is 0 Å². The van der Waals surface area contributed by atoms with Gasteiger partial charge in [0.1, 0.15) is 0 Å². The fourth-order valence-corrected chi connectivity index (χ4v) is 6.72. The molecule has 2 saturated heterocycles. The second kappa shape index (κ2) is 9.15. The van der Waals surface area contributed by atoms with Crippen molar-refractivity contribution < 1.29 is 17.9 Å². The summed E-state index contributed by atoms with van der Waals surface area (Å²) in [4.78, 5) is 15.1. The first-order valence-corrected chi connectivity index (χ1v) is 13.6. The average Bonchev–Trinajstić information content (AvgIpc) is 3.52. The Morgan fingerprint density at radius 3 is 2.38 bits per heavy atom. The number of nitrogens with zero attached hydrogens (tertiary/aromatic N) is 1. The second-order valence-corrected chi connectivity index (χ2v) is 11.0. The number of ether oxygens (including phenoxy) is 1. The van der Waals surface area contributed by atoms with Crippen molar-refractivity contribution in [3.05, 3.63) is 39.8 Å². The van der Waals surface area contributed by atoms with E-state index < -0.39 is 16.1 Å². The van der Waals surface area contributed by atoms with Gasteiger partial charge in [-0.3, -0.25) is 4.90 Å². The quantitative estimate of drug-likeness (QED) is 0.706. The van der Waals surface area contributed by atoms with Gasteiger partial charge in [-0.25, -0.2) is 17.9 Å². The third-order valence-corrected chi connectivity index (χ3v) is 8.41. The first-order valence-electron chi connectivity index (χ1n) is 12.0. The second-order valence-electron chi connectivity index (χ2n) is 9.45. The third kappa shape index (κ3) is 4.58. The summed E-state index contributed by atoms with van der Waals surface area (Å²) in [6.45, 7) is 2.52. The molecule has 8 heteroatoms. The van der Waals surface area contributed by atoms with Gasteiger partial charge in [-0.15, -0.1) is 0 Å². The van der Waals surface area contributed by atoms with Crippen LogP contribution in [0.15, 0.2) is 17.6 Å². The van der Waals surface area contributed by atoms with E-state index in [0.717, 1.165) is 89.7 Å². The predicted molar refractivity (Wildman–Crippen MR) is 124 cm³/mol. The Balaban J connectivity index is 1.25. The summed E-state index contributed by atoms with van der Waals surface area (Å²) < 4.78 is 32.9. The fraction of sp³-hybridized carbons (Fsp3) is 0.625. The molecule has 2 heterocycles. The van der Waals surface area contributed by atoms with Crippen LogP contribution in [0.2, 0.25) is 0 Å². The minimum absolute atomic E-state index is 0.0957. The monoisotopic (exact) mass is 459 g/mol. The third-order valence-electron chi connectivity index (χ3n) is 7.43. The number of likely N-dealkylation sites (tertiary alicyclic amines) is 1. The van der Waals surface area contributed by atoms with Gasteiger partial charge in [0.15, 0.2) is 0 Å². The van der Waals surface area contributed by atoms with Crippen molar-refractivity contribution in [1.29, 1.82) is 0 Å². The number of rotatable bonds is 5. The van der Waals surface area contributed by atoms with Gasteiger partial charge in [0.2, 0.25) is 0 Å². The Bertz CT molecular complexity index is 982. The van der Waals surface area contributed by atoms with Crippen LogP contribution in [0.25, 0.3) is 0 Å². The highest BCUT2D eigenvalue weighted by Gasteiger charge is 2.31. The van der Waals surface area contributed by atoms with E-state index in [2.05, 4.69) is 21.0 Å². The molecule has 5 rings (SSSR count). The molecule has 0 spiro atoms. The van der Waals surface area contributed by atoms with E-state index >= 15 is 0 Å². The molecular formula is C24H33N3O4S. The fourth-order valence-electron chi connectivity index (χ4n) is 5.96. The molecule has 2 N–H and O–H groups in total. The number of anilines is 1. The lowest BCUT2D eigenvalue weighted by Gasteiger charge is -2.34. The minimum atomic E-state index is -3.86. The molecular weight excluding hydrogens is 426 g/mol. The lowest BCUT2D eigenvalue weighted by atomic mass is 9.99. The first kappa shape index (κ1) is 21.9. The van der Waals surface area contributed by atoms with Crippen LogP contribution in [0.1, 0.15) is 60.8 Å². The highest BCUT2D eigenvalue weighted by atomic mass is 32.2. The van der Waals surface area contributed by atoms with Crippen LogP contribution in [0.5, 0.6) is 0 Å². The summed E-state index contributed by atoms with van der Waals surface area (Å²) in [5.41, 5.74) is 5.83. The van der Waals surface area contributed by atoms with E-state index in [1.165, 1.54) is 27.7 Å². The van der Waals surface area contributed by atoms with Gasteiger partial charge in [0.25, 0.3) is 10.0 Å². The summed E-state index contributed by atoms with van der Waals surface area (Å²) in [6, 6.07) is 2.16. The lowest BCUT2D eigenvalue weighted by Crippen LogP contribution is -2.41. The molecule has 7 nitrogen and oxygen atoms in total. The zero-order valence-electron chi connectivity index (χ0n) is 18.6. The molecule has 0 radical (unpaired) electrons. The van der Waals surface area contributed by atoms with Crippen LogP contribution in [-0.4, -0.2) is 51.2 Å². The first-order chi connectivity index (χ1) is 15.5. The Kier molecular flexibility index (Phi) is 6.27. The Hall–Kier alpha value is -1.90. The van der Waals surface area contributed by atoms with Gasteiger partial charge in [0, 0.05) is 36.4 Å². The van der Waals surface area contributed by atoms with Crippen molar-refractivity contribution in [2.24, 2.45) is 0 Å².